The molecule has 0 spiro atoms. The molecule has 0 fully saturated rings. The summed E-state index contributed by atoms with van der Waals surface area (Å²) in [6, 6.07) is 6.80. The molecule has 2 rings (SSSR count). The van der Waals surface area contributed by atoms with Gasteiger partial charge in [0.05, 0.1) is 0 Å². The van der Waals surface area contributed by atoms with E-state index in [1.54, 1.807) is 0 Å². The zero-order valence-electron chi connectivity index (χ0n) is 9.33. The second-order valence-corrected chi connectivity index (χ2v) is 3.93. The molecule has 5 N–H and O–H groups in total. The lowest BCUT2D eigenvalue weighted by Gasteiger charge is -2.09. The van der Waals surface area contributed by atoms with Crippen LogP contribution in [0.25, 0.3) is 0 Å². The van der Waals surface area contributed by atoms with Crippen molar-refractivity contribution < 1.29 is 25.5 Å². The molecule has 0 heterocycles. The zero-order valence-corrected chi connectivity index (χ0v) is 9.33. The minimum absolute atomic E-state index is 0.0611. The number of benzene rings is 2. The number of rotatable bonds is 2. The molecule has 5 heteroatoms. The third-order valence-electron chi connectivity index (χ3n) is 2.66. The molecule has 0 aliphatic rings. The van der Waals surface area contributed by atoms with Gasteiger partial charge in [0, 0.05) is 18.1 Å². The first-order valence-corrected chi connectivity index (χ1v) is 5.22. The lowest BCUT2D eigenvalue weighted by molar-refractivity contribution is 0.365. The summed E-state index contributed by atoms with van der Waals surface area (Å²) in [7, 11) is 0. The molecular weight excluding hydrogens is 236 g/mol. The Balaban J connectivity index is 2.37. The maximum atomic E-state index is 9.64. The third kappa shape index (κ3) is 2.10. The molecule has 0 atom stereocenters. The summed E-state index contributed by atoms with van der Waals surface area (Å²) < 4.78 is 0. The number of phenolic OH excluding ortho intramolecular Hbond substituents is 5. The van der Waals surface area contributed by atoms with Gasteiger partial charge in [-0.2, -0.15) is 0 Å². The Morgan fingerprint density at radius 2 is 1.33 bits per heavy atom. The summed E-state index contributed by atoms with van der Waals surface area (Å²) in [4.78, 5) is 0. The van der Waals surface area contributed by atoms with Crippen LogP contribution >= 0.6 is 0 Å². The Labute approximate surface area is 103 Å². The van der Waals surface area contributed by atoms with Crippen LogP contribution in [0.4, 0.5) is 0 Å². The molecule has 0 saturated heterocycles. The summed E-state index contributed by atoms with van der Waals surface area (Å²) in [6.45, 7) is 0. The Kier molecular flexibility index (Phi) is 2.89. The molecule has 0 bridgehead atoms. The molecule has 2 aromatic rings. The van der Waals surface area contributed by atoms with E-state index in [2.05, 4.69) is 0 Å². The van der Waals surface area contributed by atoms with Crippen LogP contribution in [-0.2, 0) is 6.42 Å². The molecule has 0 aliphatic heterocycles. The molecule has 2 aromatic carbocycles. The highest BCUT2D eigenvalue weighted by molar-refractivity contribution is 5.55. The molecule has 0 amide bonds. The predicted molar refractivity (Wildman–Crippen MR) is 64.0 cm³/mol. The van der Waals surface area contributed by atoms with E-state index in [9.17, 15) is 20.4 Å². The monoisotopic (exact) mass is 248 g/mol. The van der Waals surface area contributed by atoms with Gasteiger partial charge in [0.1, 0.15) is 11.5 Å². The van der Waals surface area contributed by atoms with Gasteiger partial charge in [-0.1, -0.05) is 12.1 Å². The van der Waals surface area contributed by atoms with E-state index in [4.69, 9.17) is 5.11 Å². The van der Waals surface area contributed by atoms with Crippen LogP contribution < -0.4 is 0 Å². The molecule has 0 radical (unpaired) electrons. The minimum Gasteiger partial charge on any atom is -0.508 e. The fourth-order valence-corrected chi connectivity index (χ4v) is 1.66. The van der Waals surface area contributed by atoms with E-state index in [1.165, 1.54) is 30.3 Å². The van der Waals surface area contributed by atoms with Gasteiger partial charge >= 0.3 is 0 Å². The summed E-state index contributed by atoms with van der Waals surface area (Å²) in [6.07, 6.45) is 0.159. The Morgan fingerprint density at radius 1 is 0.667 bits per heavy atom. The Bertz CT molecular complexity index is 592. The number of aromatic hydroxyl groups is 5. The Morgan fingerprint density at radius 3 is 2.00 bits per heavy atom. The summed E-state index contributed by atoms with van der Waals surface area (Å²) in [5, 5.41) is 47.0. The van der Waals surface area contributed by atoms with Crippen LogP contribution in [0.2, 0.25) is 0 Å². The fourth-order valence-electron chi connectivity index (χ4n) is 1.66. The van der Waals surface area contributed by atoms with E-state index in [1.807, 2.05) is 0 Å². The SMILES string of the molecule is Oc1ccc(Cc2ccc(O)c(O)c2O)c(O)c1. The third-order valence-corrected chi connectivity index (χ3v) is 2.66. The smallest absolute Gasteiger partial charge is 0.200 e. The van der Waals surface area contributed by atoms with E-state index in [0.29, 0.717) is 11.1 Å². The molecule has 94 valence electrons. The normalized spacial score (nSPS) is 10.4. The van der Waals surface area contributed by atoms with Crippen molar-refractivity contribution in [1.29, 1.82) is 0 Å². The van der Waals surface area contributed by atoms with Crippen molar-refractivity contribution in [3.05, 3.63) is 41.5 Å². The van der Waals surface area contributed by atoms with E-state index < -0.39 is 17.2 Å². The van der Waals surface area contributed by atoms with Gasteiger partial charge in [0.25, 0.3) is 0 Å². The van der Waals surface area contributed by atoms with Gasteiger partial charge in [0.2, 0.25) is 5.75 Å². The van der Waals surface area contributed by atoms with E-state index in [-0.39, 0.29) is 17.9 Å². The number of phenols is 5. The second kappa shape index (κ2) is 4.37. The quantitative estimate of drug-likeness (QED) is 0.522. The Hall–Kier alpha value is -2.56. The van der Waals surface area contributed by atoms with Crippen LogP contribution in [0.15, 0.2) is 30.3 Å². The van der Waals surface area contributed by atoms with E-state index in [0.717, 1.165) is 0 Å². The van der Waals surface area contributed by atoms with Gasteiger partial charge < -0.3 is 25.5 Å². The van der Waals surface area contributed by atoms with Gasteiger partial charge in [-0.25, -0.2) is 0 Å². The molecule has 0 aromatic heterocycles. The first-order chi connectivity index (χ1) is 8.49. The maximum Gasteiger partial charge on any atom is 0.200 e. The van der Waals surface area contributed by atoms with Crippen LogP contribution in [0, 0.1) is 0 Å². The largest absolute Gasteiger partial charge is 0.508 e. The highest BCUT2D eigenvalue weighted by atomic mass is 16.3. The molecule has 0 aliphatic carbocycles. The molecule has 5 nitrogen and oxygen atoms in total. The van der Waals surface area contributed by atoms with Gasteiger partial charge in [-0.3, -0.25) is 0 Å². The van der Waals surface area contributed by atoms with Crippen molar-refractivity contribution >= 4 is 0 Å². The zero-order chi connectivity index (χ0) is 13.3. The maximum absolute atomic E-state index is 9.64. The van der Waals surface area contributed by atoms with Gasteiger partial charge in [-0.15, -0.1) is 0 Å². The van der Waals surface area contributed by atoms with E-state index >= 15 is 0 Å². The minimum atomic E-state index is -0.592. The first-order valence-electron chi connectivity index (χ1n) is 5.22. The van der Waals surface area contributed by atoms with Crippen LogP contribution in [0.3, 0.4) is 0 Å². The molecule has 0 saturated carbocycles. The molecule has 18 heavy (non-hydrogen) atoms. The van der Waals surface area contributed by atoms with Crippen molar-refractivity contribution in [1.82, 2.24) is 0 Å². The van der Waals surface area contributed by atoms with Crippen molar-refractivity contribution in [2.45, 2.75) is 6.42 Å². The second-order valence-electron chi connectivity index (χ2n) is 3.93. The summed E-state index contributed by atoms with van der Waals surface area (Å²) >= 11 is 0. The summed E-state index contributed by atoms with van der Waals surface area (Å²) in [5.41, 5.74) is 0.833. The van der Waals surface area contributed by atoms with Crippen LogP contribution in [-0.4, -0.2) is 25.5 Å². The first kappa shape index (κ1) is 11.9. The lowest BCUT2D eigenvalue weighted by Crippen LogP contribution is -1.90. The lowest BCUT2D eigenvalue weighted by atomic mass is 10.0. The predicted octanol–water partition coefficient (Wildman–Crippen LogP) is 1.81. The standard InChI is InChI=1S/C13H12O5/c14-9-3-1-7(11(16)6-9)5-8-2-4-10(15)13(18)12(8)17/h1-4,6,14-18H,5H2. The average Bonchev–Trinajstić information content (AvgIpc) is 2.33. The topological polar surface area (TPSA) is 101 Å². The molecular formula is C13H12O5. The van der Waals surface area contributed by atoms with Crippen molar-refractivity contribution in [3.63, 3.8) is 0 Å². The van der Waals surface area contributed by atoms with Crippen molar-refractivity contribution in [3.8, 4) is 28.7 Å². The highest BCUT2D eigenvalue weighted by Crippen LogP contribution is 2.38. The summed E-state index contributed by atoms with van der Waals surface area (Å²) in [5.74, 6) is -1.60. The fraction of sp³-hybridized carbons (Fsp3) is 0.0769. The number of hydrogen-bond donors (Lipinski definition) is 5. The average molecular weight is 248 g/mol. The highest BCUT2D eigenvalue weighted by Gasteiger charge is 2.13. The molecule has 0 unspecified atom stereocenters. The van der Waals surface area contributed by atoms with Gasteiger partial charge in [0.15, 0.2) is 11.5 Å². The van der Waals surface area contributed by atoms with Crippen LogP contribution in [0.1, 0.15) is 11.1 Å². The number of hydrogen-bond acceptors (Lipinski definition) is 5. The van der Waals surface area contributed by atoms with Crippen molar-refractivity contribution in [2.75, 3.05) is 0 Å². The van der Waals surface area contributed by atoms with Gasteiger partial charge in [-0.05, 0) is 17.7 Å². The van der Waals surface area contributed by atoms with Crippen molar-refractivity contribution in [2.24, 2.45) is 0 Å². The van der Waals surface area contributed by atoms with Crippen LogP contribution in [0.5, 0.6) is 28.7 Å².